The van der Waals surface area contributed by atoms with Crippen LogP contribution in [0.1, 0.15) is 33.1 Å². The van der Waals surface area contributed by atoms with Crippen molar-refractivity contribution in [1.82, 2.24) is 10.2 Å². The number of nitrogens with zero attached hydrogens (tertiary/aromatic N) is 1. The summed E-state index contributed by atoms with van der Waals surface area (Å²) < 4.78 is 0. The molecule has 0 aromatic carbocycles. The summed E-state index contributed by atoms with van der Waals surface area (Å²) in [4.78, 5) is 25.5. The molecule has 2 aliphatic rings. The van der Waals surface area contributed by atoms with Crippen molar-refractivity contribution in [2.45, 2.75) is 39.2 Å². The van der Waals surface area contributed by atoms with E-state index in [0.29, 0.717) is 5.92 Å². The minimum Gasteiger partial charge on any atom is -0.345 e. The summed E-state index contributed by atoms with van der Waals surface area (Å²) in [6.07, 6.45) is 3.34. The van der Waals surface area contributed by atoms with Crippen LogP contribution in [-0.4, -0.2) is 35.8 Å². The van der Waals surface area contributed by atoms with Crippen molar-refractivity contribution in [3.05, 3.63) is 0 Å². The summed E-state index contributed by atoms with van der Waals surface area (Å²) in [6, 6.07) is -0.244. The molecular formula is C12H20N2O2. The number of hydrogen-bond donors (Lipinski definition) is 1. The molecule has 2 amide bonds. The van der Waals surface area contributed by atoms with Crippen LogP contribution in [0.25, 0.3) is 0 Å². The molecular weight excluding hydrogens is 204 g/mol. The molecule has 1 N–H and O–H groups in total. The van der Waals surface area contributed by atoms with E-state index in [4.69, 9.17) is 0 Å². The van der Waals surface area contributed by atoms with Gasteiger partial charge in [-0.05, 0) is 24.7 Å². The SMILES string of the molecule is CCC(C)C1C(=O)NCC(=O)N1CC1CC1. The molecule has 0 bridgehead atoms. The van der Waals surface area contributed by atoms with Crippen molar-refractivity contribution in [3.63, 3.8) is 0 Å². The maximum atomic E-state index is 11.8. The Kier molecular flexibility index (Phi) is 3.17. The Morgan fingerprint density at radius 1 is 1.44 bits per heavy atom. The zero-order valence-electron chi connectivity index (χ0n) is 10.0. The van der Waals surface area contributed by atoms with Gasteiger partial charge in [-0.25, -0.2) is 0 Å². The molecule has 2 rings (SSSR count). The smallest absolute Gasteiger partial charge is 0.243 e. The van der Waals surface area contributed by atoms with Crippen molar-refractivity contribution in [1.29, 1.82) is 0 Å². The van der Waals surface area contributed by atoms with E-state index < -0.39 is 0 Å². The Morgan fingerprint density at radius 3 is 2.69 bits per heavy atom. The average molecular weight is 224 g/mol. The fourth-order valence-electron chi connectivity index (χ4n) is 2.25. The standard InChI is InChI=1S/C12H20N2O2/c1-3-8(2)11-12(16)13-6-10(15)14(11)7-9-4-5-9/h8-9,11H,3-7H2,1-2H3,(H,13,16). The number of carbonyl (C=O) groups is 2. The quantitative estimate of drug-likeness (QED) is 0.766. The highest BCUT2D eigenvalue weighted by molar-refractivity contribution is 5.95. The summed E-state index contributed by atoms with van der Waals surface area (Å²) in [5, 5.41) is 2.69. The molecule has 1 aliphatic heterocycles. The highest BCUT2D eigenvalue weighted by Gasteiger charge is 2.39. The Bertz CT molecular complexity index is 299. The predicted molar refractivity (Wildman–Crippen MR) is 60.7 cm³/mol. The maximum Gasteiger partial charge on any atom is 0.243 e. The van der Waals surface area contributed by atoms with Gasteiger partial charge in [0.1, 0.15) is 6.04 Å². The second-order valence-electron chi connectivity index (χ2n) is 5.04. The highest BCUT2D eigenvalue weighted by atomic mass is 16.2. The van der Waals surface area contributed by atoms with E-state index in [-0.39, 0.29) is 30.3 Å². The summed E-state index contributed by atoms with van der Waals surface area (Å²) in [5.74, 6) is 0.982. The van der Waals surface area contributed by atoms with E-state index in [1.165, 1.54) is 12.8 Å². The van der Waals surface area contributed by atoms with Crippen LogP contribution in [0.2, 0.25) is 0 Å². The lowest BCUT2D eigenvalue weighted by Gasteiger charge is -2.38. The zero-order valence-corrected chi connectivity index (χ0v) is 10.0. The molecule has 1 saturated heterocycles. The molecule has 16 heavy (non-hydrogen) atoms. The largest absolute Gasteiger partial charge is 0.345 e. The fourth-order valence-corrected chi connectivity index (χ4v) is 2.25. The lowest BCUT2D eigenvalue weighted by atomic mass is 9.95. The third kappa shape index (κ3) is 2.20. The second-order valence-corrected chi connectivity index (χ2v) is 5.04. The molecule has 0 aromatic heterocycles. The molecule has 90 valence electrons. The van der Waals surface area contributed by atoms with Gasteiger partial charge in [0.2, 0.25) is 11.8 Å². The summed E-state index contributed by atoms with van der Waals surface area (Å²) in [5.41, 5.74) is 0. The number of hydrogen-bond acceptors (Lipinski definition) is 2. The van der Waals surface area contributed by atoms with E-state index in [1.807, 2.05) is 11.8 Å². The molecule has 1 saturated carbocycles. The van der Waals surface area contributed by atoms with Crippen molar-refractivity contribution in [2.24, 2.45) is 11.8 Å². The number of rotatable bonds is 4. The van der Waals surface area contributed by atoms with E-state index in [1.54, 1.807) is 0 Å². The van der Waals surface area contributed by atoms with Crippen LogP contribution in [0.15, 0.2) is 0 Å². The summed E-state index contributed by atoms with van der Waals surface area (Å²) >= 11 is 0. The fraction of sp³-hybridized carbons (Fsp3) is 0.833. The molecule has 4 nitrogen and oxygen atoms in total. The van der Waals surface area contributed by atoms with Gasteiger partial charge in [-0.15, -0.1) is 0 Å². The van der Waals surface area contributed by atoms with E-state index >= 15 is 0 Å². The first kappa shape index (κ1) is 11.4. The van der Waals surface area contributed by atoms with Crippen molar-refractivity contribution in [2.75, 3.05) is 13.1 Å². The summed E-state index contributed by atoms with van der Waals surface area (Å²) in [6.45, 7) is 5.06. The zero-order chi connectivity index (χ0) is 11.7. The maximum absolute atomic E-state index is 11.8. The molecule has 4 heteroatoms. The van der Waals surface area contributed by atoms with Gasteiger partial charge in [-0.3, -0.25) is 9.59 Å². The van der Waals surface area contributed by atoms with Gasteiger partial charge < -0.3 is 10.2 Å². The normalized spacial score (nSPS) is 27.9. The van der Waals surface area contributed by atoms with Crippen molar-refractivity contribution < 1.29 is 9.59 Å². The molecule has 2 unspecified atom stereocenters. The van der Waals surface area contributed by atoms with Gasteiger partial charge in [0.05, 0.1) is 6.54 Å². The topological polar surface area (TPSA) is 49.4 Å². The van der Waals surface area contributed by atoms with Gasteiger partial charge in [0.25, 0.3) is 0 Å². The van der Waals surface area contributed by atoms with Crippen molar-refractivity contribution in [3.8, 4) is 0 Å². The van der Waals surface area contributed by atoms with Crippen LogP contribution in [0.4, 0.5) is 0 Å². The minimum atomic E-state index is -0.244. The number of amides is 2. The number of nitrogens with one attached hydrogen (secondary N) is 1. The lowest BCUT2D eigenvalue weighted by molar-refractivity contribution is -0.147. The Balaban J connectivity index is 2.11. The molecule has 0 spiro atoms. The Hall–Kier alpha value is -1.06. The number of carbonyl (C=O) groups excluding carboxylic acids is 2. The van der Waals surface area contributed by atoms with Gasteiger partial charge in [-0.1, -0.05) is 20.3 Å². The monoisotopic (exact) mass is 224 g/mol. The molecule has 1 heterocycles. The molecule has 0 radical (unpaired) electrons. The Labute approximate surface area is 96.4 Å². The van der Waals surface area contributed by atoms with Gasteiger partial charge in [0, 0.05) is 6.54 Å². The van der Waals surface area contributed by atoms with Gasteiger partial charge in [0.15, 0.2) is 0 Å². The third-order valence-electron chi connectivity index (χ3n) is 3.67. The second kappa shape index (κ2) is 4.44. The van der Waals surface area contributed by atoms with Crippen LogP contribution in [0, 0.1) is 11.8 Å². The van der Waals surface area contributed by atoms with Gasteiger partial charge >= 0.3 is 0 Å². The average Bonchev–Trinajstić information content (AvgIpc) is 3.07. The minimum absolute atomic E-state index is 0.0228. The third-order valence-corrected chi connectivity index (χ3v) is 3.67. The van der Waals surface area contributed by atoms with Crippen molar-refractivity contribution >= 4 is 11.8 Å². The molecule has 1 aliphatic carbocycles. The molecule has 2 atom stereocenters. The first-order valence-electron chi connectivity index (χ1n) is 6.20. The predicted octanol–water partition coefficient (Wildman–Crippen LogP) is 0.769. The van der Waals surface area contributed by atoms with Gasteiger partial charge in [-0.2, -0.15) is 0 Å². The van der Waals surface area contributed by atoms with Crippen LogP contribution in [0.5, 0.6) is 0 Å². The van der Waals surface area contributed by atoms with Crippen LogP contribution in [-0.2, 0) is 9.59 Å². The Morgan fingerprint density at radius 2 is 2.12 bits per heavy atom. The lowest BCUT2D eigenvalue weighted by Crippen LogP contribution is -2.60. The first-order chi connectivity index (χ1) is 7.63. The first-order valence-corrected chi connectivity index (χ1v) is 6.20. The van der Waals surface area contributed by atoms with E-state index in [2.05, 4.69) is 12.2 Å². The van der Waals surface area contributed by atoms with Crippen LogP contribution < -0.4 is 5.32 Å². The van der Waals surface area contributed by atoms with Crippen LogP contribution >= 0.6 is 0 Å². The van der Waals surface area contributed by atoms with E-state index in [0.717, 1.165) is 13.0 Å². The molecule has 2 fully saturated rings. The molecule has 0 aromatic rings. The summed E-state index contributed by atoms with van der Waals surface area (Å²) in [7, 11) is 0. The van der Waals surface area contributed by atoms with Crippen LogP contribution in [0.3, 0.4) is 0 Å². The highest BCUT2D eigenvalue weighted by Crippen LogP contribution is 2.32. The number of piperazine rings is 1. The van der Waals surface area contributed by atoms with E-state index in [9.17, 15) is 9.59 Å².